The molecule has 0 saturated heterocycles. The lowest BCUT2D eigenvalue weighted by molar-refractivity contribution is -0.139. The Morgan fingerprint density at radius 3 is 2.00 bits per heavy atom. The van der Waals surface area contributed by atoms with E-state index in [0.717, 1.165) is 22.5 Å². The third-order valence-electron chi connectivity index (χ3n) is 5.18. The van der Waals surface area contributed by atoms with Crippen LogP contribution in [-0.4, -0.2) is 50.0 Å². The van der Waals surface area contributed by atoms with Gasteiger partial charge < -0.3 is 10.2 Å². The predicted molar refractivity (Wildman–Crippen MR) is 128 cm³/mol. The Labute approximate surface area is 195 Å². The highest BCUT2D eigenvalue weighted by Gasteiger charge is 2.30. The Balaban J connectivity index is 2.36. The van der Waals surface area contributed by atoms with Crippen LogP contribution in [-0.2, 0) is 32.6 Å². The van der Waals surface area contributed by atoms with E-state index in [1.165, 1.54) is 29.2 Å². The highest BCUT2D eigenvalue weighted by Crippen LogP contribution is 2.20. The number of nitrogens with zero attached hydrogens (tertiary/aromatic N) is 2. The number of carbonyl (C=O) groups excluding carboxylic acids is 2. The van der Waals surface area contributed by atoms with Gasteiger partial charge in [-0.05, 0) is 62.6 Å². The van der Waals surface area contributed by atoms with Crippen LogP contribution in [0.15, 0.2) is 48.5 Å². The molecule has 0 aromatic heterocycles. The van der Waals surface area contributed by atoms with Crippen LogP contribution in [0.5, 0.6) is 0 Å². The number of nitrogens with one attached hydrogen (secondary N) is 1. The Hall–Kier alpha value is -2.94. The minimum Gasteiger partial charge on any atom is -0.352 e. The van der Waals surface area contributed by atoms with Crippen molar-refractivity contribution < 1.29 is 22.4 Å². The molecule has 7 nitrogen and oxygen atoms in total. The van der Waals surface area contributed by atoms with Crippen molar-refractivity contribution in [3.63, 3.8) is 0 Å². The monoisotopic (exact) mass is 477 g/mol. The van der Waals surface area contributed by atoms with Gasteiger partial charge in [-0.3, -0.25) is 13.9 Å². The Bertz CT molecular complexity index is 1050. The van der Waals surface area contributed by atoms with Crippen LogP contribution in [0, 0.1) is 5.82 Å². The Morgan fingerprint density at radius 1 is 0.970 bits per heavy atom. The van der Waals surface area contributed by atoms with E-state index in [9.17, 15) is 22.4 Å². The van der Waals surface area contributed by atoms with Crippen molar-refractivity contribution >= 4 is 27.5 Å². The molecule has 0 radical (unpaired) electrons. The smallest absolute Gasteiger partial charge is 0.244 e. The maximum absolute atomic E-state index is 13.4. The Kier molecular flexibility index (Phi) is 8.99. The molecule has 0 aliphatic rings. The van der Waals surface area contributed by atoms with Crippen LogP contribution in [0.1, 0.15) is 38.8 Å². The van der Waals surface area contributed by atoms with Gasteiger partial charge in [0.2, 0.25) is 21.8 Å². The van der Waals surface area contributed by atoms with Crippen molar-refractivity contribution in [1.82, 2.24) is 10.2 Å². The summed E-state index contributed by atoms with van der Waals surface area (Å²) in [4.78, 5) is 27.3. The number of halogens is 1. The number of carbonyl (C=O) groups is 2. The number of sulfonamides is 1. The maximum atomic E-state index is 13.4. The molecular weight excluding hydrogens is 445 g/mol. The first-order valence-electron chi connectivity index (χ1n) is 10.8. The quantitative estimate of drug-likeness (QED) is 0.570. The highest BCUT2D eigenvalue weighted by atomic mass is 32.2. The third kappa shape index (κ3) is 7.56. The molecule has 33 heavy (non-hydrogen) atoms. The number of benzene rings is 2. The van der Waals surface area contributed by atoms with Gasteiger partial charge in [0.05, 0.1) is 11.9 Å². The van der Waals surface area contributed by atoms with Gasteiger partial charge in [0, 0.05) is 12.6 Å². The van der Waals surface area contributed by atoms with E-state index in [1.54, 1.807) is 19.1 Å². The molecule has 0 bridgehead atoms. The molecule has 2 amide bonds. The lowest BCUT2D eigenvalue weighted by Crippen LogP contribution is -2.52. The zero-order chi connectivity index (χ0) is 24.8. The largest absolute Gasteiger partial charge is 0.352 e. The zero-order valence-corrected chi connectivity index (χ0v) is 20.5. The molecule has 2 aromatic carbocycles. The Morgan fingerprint density at radius 2 is 1.52 bits per heavy atom. The summed E-state index contributed by atoms with van der Waals surface area (Å²) < 4.78 is 39.4. The summed E-state index contributed by atoms with van der Waals surface area (Å²) in [5.41, 5.74) is 2.02. The molecule has 1 unspecified atom stereocenters. The first-order chi connectivity index (χ1) is 15.4. The van der Waals surface area contributed by atoms with Crippen LogP contribution in [0.25, 0.3) is 0 Å². The number of amides is 2. The standard InChI is InChI=1S/C24H32FN3O4S/c1-6-19-9-13-22(14-10-19)28(33(5,31)32)16-23(29)27(18(4)24(30)26-17(2)3)15-20-7-11-21(25)12-8-20/h7-14,17-18H,6,15-16H2,1-5H3,(H,26,30). The first kappa shape index (κ1) is 26.3. The molecule has 0 aliphatic heterocycles. The second-order valence-electron chi connectivity index (χ2n) is 8.28. The molecule has 0 fully saturated rings. The van der Waals surface area contributed by atoms with Crippen molar-refractivity contribution in [2.75, 3.05) is 17.1 Å². The SMILES string of the molecule is CCc1ccc(N(CC(=O)N(Cc2ccc(F)cc2)C(C)C(=O)NC(C)C)S(C)(=O)=O)cc1. The van der Waals surface area contributed by atoms with Gasteiger partial charge in [0.15, 0.2) is 0 Å². The fourth-order valence-corrected chi connectivity index (χ4v) is 4.14. The maximum Gasteiger partial charge on any atom is 0.244 e. The average Bonchev–Trinajstić information content (AvgIpc) is 2.75. The molecule has 0 saturated carbocycles. The lowest BCUT2D eigenvalue weighted by atomic mass is 10.1. The molecule has 2 rings (SSSR count). The number of hydrogen-bond acceptors (Lipinski definition) is 4. The molecule has 1 N–H and O–H groups in total. The zero-order valence-electron chi connectivity index (χ0n) is 19.7. The fourth-order valence-electron chi connectivity index (χ4n) is 3.29. The lowest BCUT2D eigenvalue weighted by Gasteiger charge is -2.32. The second-order valence-corrected chi connectivity index (χ2v) is 10.2. The van der Waals surface area contributed by atoms with E-state index in [-0.39, 0.29) is 18.5 Å². The van der Waals surface area contributed by atoms with Crippen molar-refractivity contribution in [3.05, 3.63) is 65.5 Å². The normalized spacial score (nSPS) is 12.3. The topological polar surface area (TPSA) is 86.8 Å². The van der Waals surface area contributed by atoms with E-state index in [4.69, 9.17) is 0 Å². The van der Waals surface area contributed by atoms with Gasteiger partial charge in [-0.1, -0.05) is 31.2 Å². The molecule has 2 aromatic rings. The summed E-state index contributed by atoms with van der Waals surface area (Å²) >= 11 is 0. The van der Waals surface area contributed by atoms with Gasteiger partial charge in [-0.15, -0.1) is 0 Å². The van der Waals surface area contributed by atoms with Crippen LogP contribution >= 0.6 is 0 Å². The van der Waals surface area contributed by atoms with Crippen molar-refractivity contribution in [2.45, 2.75) is 52.7 Å². The molecule has 180 valence electrons. The molecular formula is C24H32FN3O4S. The van der Waals surface area contributed by atoms with Crippen LogP contribution < -0.4 is 9.62 Å². The van der Waals surface area contributed by atoms with Crippen molar-refractivity contribution in [3.8, 4) is 0 Å². The molecule has 0 heterocycles. The van der Waals surface area contributed by atoms with Crippen molar-refractivity contribution in [2.24, 2.45) is 0 Å². The van der Waals surface area contributed by atoms with E-state index in [0.29, 0.717) is 11.3 Å². The summed E-state index contributed by atoms with van der Waals surface area (Å²) in [6.45, 7) is 6.75. The second kappa shape index (κ2) is 11.3. The van der Waals surface area contributed by atoms with E-state index >= 15 is 0 Å². The summed E-state index contributed by atoms with van der Waals surface area (Å²) in [5, 5.41) is 2.78. The molecule has 1 atom stereocenters. The minimum absolute atomic E-state index is 0.0260. The van der Waals surface area contributed by atoms with Crippen LogP contribution in [0.4, 0.5) is 10.1 Å². The average molecular weight is 478 g/mol. The minimum atomic E-state index is -3.77. The number of anilines is 1. The number of hydrogen-bond donors (Lipinski definition) is 1. The number of aryl methyl sites for hydroxylation is 1. The first-order valence-corrected chi connectivity index (χ1v) is 12.7. The summed E-state index contributed by atoms with van der Waals surface area (Å²) in [5.74, 6) is -1.32. The summed E-state index contributed by atoms with van der Waals surface area (Å²) in [6.07, 6.45) is 1.83. The van der Waals surface area contributed by atoms with E-state index in [1.807, 2.05) is 32.9 Å². The van der Waals surface area contributed by atoms with Gasteiger partial charge in [-0.2, -0.15) is 0 Å². The van der Waals surface area contributed by atoms with Gasteiger partial charge >= 0.3 is 0 Å². The van der Waals surface area contributed by atoms with Gasteiger partial charge in [-0.25, -0.2) is 12.8 Å². The van der Waals surface area contributed by atoms with Gasteiger partial charge in [0.1, 0.15) is 18.4 Å². The van der Waals surface area contributed by atoms with Crippen LogP contribution in [0.2, 0.25) is 0 Å². The molecule has 0 aliphatic carbocycles. The highest BCUT2D eigenvalue weighted by molar-refractivity contribution is 7.92. The molecule has 0 spiro atoms. The summed E-state index contributed by atoms with van der Waals surface area (Å²) in [6, 6.07) is 11.5. The van der Waals surface area contributed by atoms with E-state index in [2.05, 4.69) is 5.32 Å². The third-order valence-corrected chi connectivity index (χ3v) is 6.32. The fraction of sp³-hybridized carbons (Fsp3) is 0.417. The summed E-state index contributed by atoms with van der Waals surface area (Å²) in [7, 11) is -3.77. The van der Waals surface area contributed by atoms with Crippen molar-refractivity contribution in [1.29, 1.82) is 0 Å². The van der Waals surface area contributed by atoms with E-state index < -0.39 is 34.3 Å². The van der Waals surface area contributed by atoms with Crippen LogP contribution in [0.3, 0.4) is 0 Å². The predicted octanol–water partition coefficient (Wildman–Crippen LogP) is 3.10. The number of rotatable bonds is 10. The van der Waals surface area contributed by atoms with Gasteiger partial charge in [0.25, 0.3) is 0 Å². The molecule has 9 heteroatoms.